The molecule has 1 aliphatic heterocycles. The summed E-state index contributed by atoms with van der Waals surface area (Å²) in [5.41, 5.74) is 7.56. The van der Waals surface area contributed by atoms with E-state index in [4.69, 9.17) is 15.2 Å². The maximum Gasteiger partial charge on any atom is 0.255 e. The average Bonchev–Trinajstić information content (AvgIpc) is 2.75. The number of hydrogen-bond acceptors (Lipinski definition) is 6. The van der Waals surface area contributed by atoms with Gasteiger partial charge < -0.3 is 20.5 Å². The number of nitrogens with one attached hydrogen (secondary N) is 1. The van der Waals surface area contributed by atoms with Crippen LogP contribution in [0.1, 0.15) is 27.9 Å². The molecule has 1 fully saturated rings. The Labute approximate surface area is 175 Å². The van der Waals surface area contributed by atoms with Gasteiger partial charge in [-0.15, -0.1) is 0 Å². The van der Waals surface area contributed by atoms with Gasteiger partial charge in [0.2, 0.25) is 0 Å². The molecule has 2 aromatic rings. The van der Waals surface area contributed by atoms with E-state index in [9.17, 15) is 14.4 Å². The molecule has 0 aliphatic carbocycles. The van der Waals surface area contributed by atoms with Crippen molar-refractivity contribution in [3.8, 4) is 11.8 Å². The Hall–Kier alpha value is -3.15. The van der Waals surface area contributed by atoms with E-state index >= 15 is 0 Å². The number of rotatable bonds is 6. The number of hydrogen-bond donors (Lipinski definition) is 2. The molecular weight excluding hydrogens is 387 g/mol. The van der Waals surface area contributed by atoms with E-state index in [0.29, 0.717) is 25.3 Å². The molecule has 1 heterocycles. The molecule has 2 aromatic carbocycles. The van der Waals surface area contributed by atoms with Crippen LogP contribution >= 0.6 is 0 Å². The number of carbonyl (C=O) groups is 1. The van der Waals surface area contributed by atoms with Crippen LogP contribution in [0.4, 0.5) is 10.1 Å². The largest absolute Gasteiger partial charge is 0.496 e. The van der Waals surface area contributed by atoms with Gasteiger partial charge in [0.05, 0.1) is 36.1 Å². The highest BCUT2D eigenvalue weighted by molar-refractivity contribution is 5.98. The fourth-order valence-electron chi connectivity index (χ4n) is 3.66. The molecule has 0 aromatic heterocycles. The third-order valence-corrected chi connectivity index (χ3v) is 5.32. The standard InChI is InChI=1S/C22H25FN4O3/c1-29-20-10-18(25)15(11-24)9-17(20)22(28)26-19-7-8-27(13-21(19)30-2)12-14-3-5-16(23)6-4-14/h3-6,9-10,19,21H,7-8,12-13,25H2,1-2H3,(H,26,28)/t19-,21+/m0/s1. The average molecular weight is 412 g/mol. The van der Waals surface area contributed by atoms with Gasteiger partial charge in [-0.05, 0) is 30.2 Å². The Morgan fingerprint density at radius 1 is 1.33 bits per heavy atom. The number of benzene rings is 2. The molecule has 0 radical (unpaired) electrons. The summed E-state index contributed by atoms with van der Waals surface area (Å²) in [5, 5.41) is 12.2. The van der Waals surface area contributed by atoms with E-state index in [-0.39, 0.29) is 40.7 Å². The van der Waals surface area contributed by atoms with Crippen molar-refractivity contribution in [3.05, 3.63) is 58.9 Å². The molecular formula is C22H25FN4O3. The van der Waals surface area contributed by atoms with E-state index in [0.717, 1.165) is 12.1 Å². The highest BCUT2D eigenvalue weighted by Crippen LogP contribution is 2.26. The molecule has 7 nitrogen and oxygen atoms in total. The van der Waals surface area contributed by atoms with Crippen molar-refractivity contribution >= 4 is 11.6 Å². The van der Waals surface area contributed by atoms with E-state index in [2.05, 4.69) is 10.2 Å². The van der Waals surface area contributed by atoms with Gasteiger partial charge in [-0.1, -0.05) is 12.1 Å². The number of amides is 1. The molecule has 30 heavy (non-hydrogen) atoms. The number of piperidine rings is 1. The number of nitriles is 1. The van der Waals surface area contributed by atoms with Crippen molar-refractivity contribution in [2.24, 2.45) is 0 Å². The van der Waals surface area contributed by atoms with Gasteiger partial charge in [0.15, 0.2) is 0 Å². The Balaban J connectivity index is 1.68. The van der Waals surface area contributed by atoms with Gasteiger partial charge in [0.1, 0.15) is 17.6 Å². The Kier molecular flexibility index (Phi) is 6.87. The zero-order valence-corrected chi connectivity index (χ0v) is 17.0. The third-order valence-electron chi connectivity index (χ3n) is 5.32. The normalized spacial score (nSPS) is 19.1. The van der Waals surface area contributed by atoms with Crippen molar-refractivity contribution in [1.82, 2.24) is 10.2 Å². The first-order valence-electron chi connectivity index (χ1n) is 9.63. The first-order chi connectivity index (χ1) is 14.4. The molecule has 2 atom stereocenters. The molecule has 0 bridgehead atoms. The van der Waals surface area contributed by atoms with Gasteiger partial charge in [-0.3, -0.25) is 9.69 Å². The second kappa shape index (κ2) is 9.57. The highest BCUT2D eigenvalue weighted by Gasteiger charge is 2.31. The lowest BCUT2D eigenvalue weighted by atomic mass is 9.99. The topological polar surface area (TPSA) is 101 Å². The van der Waals surface area contributed by atoms with Crippen LogP contribution in [-0.4, -0.2) is 50.3 Å². The SMILES string of the molecule is COc1cc(N)c(C#N)cc1C(=O)N[C@H]1CCN(Cc2ccc(F)cc2)C[C@H]1OC. The van der Waals surface area contributed by atoms with Crippen LogP contribution in [0.2, 0.25) is 0 Å². The van der Waals surface area contributed by atoms with E-state index in [1.807, 2.05) is 6.07 Å². The Bertz CT molecular complexity index is 943. The summed E-state index contributed by atoms with van der Waals surface area (Å²) in [6.07, 6.45) is 0.478. The number of likely N-dealkylation sites (tertiary alicyclic amines) is 1. The summed E-state index contributed by atoms with van der Waals surface area (Å²) in [6, 6.07) is 11.1. The van der Waals surface area contributed by atoms with E-state index in [1.165, 1.54) is 31.4 Å². The third kappa shape index (κ3) is 4.87. The number of nitrogens with zero attached hydrogens (tertiary/aromatic N) is 2. The molecule has 0 saturated carbocycles. The molecule has 158 valence electrons. The van der Waals surface area contributed by atoms with Crippen LogP contribution in [0.25, 0.3) is 0 Å². The summed E-state index contributed by atoms with van der Waals surface area (Å²) < 4.78 is 24.0. The number of anilines is 1. The zero-order valence-electron chi connectivity index (χ0n) is 17.0. The Morgan fingerprint density at radius 2 is 2.07 bits per heavy atom. The fourth-order valence-corrected chi connectivity index (χ4v) is 3.66. The Morgan fingerprint density at radius 3 is 2.70 bits per heavy atom. The summed E-state index contributed by atoms with van der Waals surface area (Å²) in [6.45, 7) is 2.06. The maximum absolute atomic E-state index is 13.1. The predicted molar refractivity (Wildman–Crippen MR) is 110 cm³/mol. The van der Waals surface area contributed by atoms with Crippen molar-refractivity contribution < 1.29 is 18.7 Å². The van der Waals surface area contributed by atoms with Crippen molar-refractivity contribution in [1.29, 1.82) is 5.26 Å². The maximum atomic E-state index is 13.1. The summed E-state index contributed by atoms with van der Waals surface area (Å²) >= 11 is 0. The minimum Gasteiger partial charge on any atom is -0.496 e. The smallest absolute Gasteiger partial charge is 0.255 e. The van der Waals surface area contributed by atoms with E-state index in [1.54, 1.807) is 19.2 Å². The van der Waals surface area contributed by atoms with Crippen LogP contribution in [0.5, 0.6) is 5.75 Å². The molecule has 1 amide bonds. The lowest BCUT2D eigenvalue weighted by molar-refractivity contribution is 0.00387. The lowest BCUT2D eigenvalue weighted by Crippen LogP contribution is -2.54. The number of methoxy groups -OCH3 is 2. The molecule has 0 unspecified atom stereocenters. The monoisotopic (exact) mass is 412 g/mol. The zero-order chi connectivity index (χ0) is 21.7. The van der Waals surface area contributed by atoms with E-state index < -0.39 is 0 Å². The lowest BCUT2D eigenvalue weighted by Gasteiger charge is -2.38. The number of ether oxygens (including phenoxy) is 2. The molecule has 3 N–H and O–H groups in total. The number of nitrogens with two attached hydrogens (primary N) is 1. The summed E-state index contributed by atoms with van der Waals surface area (Å²) in [7, 11) is 3.06. The second-order valence-electron chi connectivity index (χ2n) is 7.26. The highest BCUT2D eigenvalue weighted by atomic mass is 19.1. The molecule has 1 aliphatic rings. The molecule has 1 saturated heterocycles. The quantitative estimate of drug-likeness (QED) is 0.706. The van der Waals surface area contributed by atoms with Crippen LogP contribution in [0.15, 0.2) is 36.4 Å². The van der Waals surface area contributed by atoms with Crippen molar-refractivity contribution in [3.63, 3.8) is 0 Å². The van der Waals surface area contributed by atoms with Gasteiger partial charge in [0.25, 0.3) is 5.91 Å². The first-order valence-corrected chi connectivity index (χ1v) is 9.63. The van der Waals surface area contributed by atoms with Crippen LogP contribution in [0, 0.1) is 17.1 Å². The summed E-state index contributed by atoms with van der Waals surface area (Å²) in [5.74, 6) is -0.290. The van der Waals surface area contributed by atoms with Gasteiger partial charge in [0, 0.05) is 32.8 Å². The van der Waals surface area contributed by atoms with Gasteiger partial charge in [-0.2, -0.15) is 5.26 Å². The van der Waals surface area contributed by atoms with Crippen LogP contribution < -0.4 is 15.8 Å². The number of nitrogen functional groups attached to an aromatic ring is 1. The minimum absolute atomic E-state index is 0.195. The number of halogens is 1. The predicted octanol–water partition coefficient (Wildman–Crippen LogP) is 2.31. The van der Waals surface area contributed by atoms with Crippen molar-refractivity contribution in [2.75, 3.05) is 33.0 Å². The van der Waals surface area contributed by atoms with Crippen molar-refractivity contribution in [2.45, 2.75) is 25.1 Å². The van der Waals surface area contributed by atoms with Crippen LogP contribution in [0.3, 0.4) is 0 Å². The first kappa shape index (κ1) is 21.6. The second-order valence-corrected chi connectivity index (χ2v) is 7.26. The summed E-state index contributed by atoms with van der Waals surface area (Å²) in [4.78, 5) is 15.1. The molecule has 3 rings (SSSR count). The minimum atomic E-state index is -0.345. The fraction of sp³-hybridized carbons (Fsp3) is 0.364. The molecule has 0 spiro atoms. The van der Waals surface area contributed by atoms with Crippen LogP contribution in [-0.2, 0) is 11.3 Å². The number of carbonyl (C=O) groups excluding carboxylic acids is 1. The van der Waals surface area contributed by atoms with Gasteiger partial charge >= 0.3 is 0 Å². The molecule has 8 heteroatoms. The van der Waals surface area contributed by atoms with Gasteiger partial charge in [-0.25, -0.2) is 4.39 Å².